The van der Waals surface area contributed by atoms with Crippen LogP contribution in [0.2, 0.25) is 0 Å². The van der Waals surface area contributed by atoms with E-state index in [1.165, 1.54) is 18.2 Å². The number of ether oxygens (including phenoxy) is 2. The zero-order valence-electron chi connectivity index (χ0n) is 14.2. The molecule has 1 aliphatic rings. The molecule has 1 aromatic heterocycles. The van der Waals surface area contributed by atoms with Crippen LogP contribution in [0, 0.1) is 0 Å². The van der Waals surface area contributed by atoms with Gasteiger partial charge in [-0.1, -0.05) is 12.1 Å². The molecule has 1 amide bonds. The minimum Gasteiger partial charge on any atom is -0.395 e. The predicted molar refractivity (Wildman–Crippen MR) is 98.2 cm³/mol. The lowest BCUT2D eigenvalue weighted by Gasteiger charge is -2.10. The van der Waals surface area contributed by atoms with Gasteiger partial charge in [0.1, 0.15) is 12.4 Å². The van der Waals surface area contributed by atoms with Crippen LogP contribution in [-0.4, -0.2) is 28.0 Å². The highest BCUT2D eigenvalue weighted by molar-refractivity contribution is 7.97. The first-order valence-electron chi connectivity index (χ1n) is 8.08. The van der Waals surface area contributed by atoms with E-state index in [0.29, 0.717) is 11.4 Å². The van der Waals surface area contributed by atoms with E-state index in [4.69, 9.17) is 0 Å². The summed E-state index contributed by atoms with van der Waals surface area (Å²) in [6.45, 7) is 0.0566. The van der Waals surface area contributed by atoms with Crippen LogP contribution in [0.1, 0.15) is 5.82 Å². The highest BCUT2D eigenvalue weighted by Crippen LogP contribution is 2.42. The smallest absolute Gasteiger partial charge is 0.395 e. The Balaban J connectivity index is 1.54. The minimum absolute atomic E-state index is 0.0566. The second-order valence-electron chi connectivity index (χ2n) is 5.91. The highest BCUT2D eigenvalue weighted by Gasteiger charge is 2.43. The first kappa shape index (κ1) is 17.6. The van der Waals surface area contributed by atoms with Gasteiger partial charge in [-0.15, -0.1) is 8.78 Å². The number of carbonyl (C=O) groups is 1. The van der Waals surface area contributed by atoms with Crippen LogP contribution in [-0.2, 0) is 17.1 Å². The van der Waals surface area contributed by atoms with Gasteiger partial charge in [0.2, 0.25) is 5.91 Å². The second-order valence-corrected chi connectivity index (χ2v) is 6.78. The molecule has 0 saturated heterocycles. The maximum atomic E-state index is 13.1. The summed E-state index contributed by atoms with van der Waals surface area (Å²) < 4.78 is 36.8. The van der Waals surface area contributed by atoms with E-state index in [1.807, 2.05) is 35.1 Å². The molecule has 0 aliphatic carbocycles. The lowest BCUT2D eigenvalue weighted by atomic mass is 10.2. The number of anilines is 1. The fourth-order valence-electron chi connectivity index (χ4n) is 2.91. The second kappa shape index (κ2) is 6.73. The summed E-state index contributed by atoms with van der Waals surface area (Å²) in [6.07, 6.45) is -1.72. The number of rotatable bonds is 5. The van der Waals surface area contributed by atoms with Crippen LogP contribution in [0.15, 0.2) is 42.5 Å². The van der Waals surface area contributed by atoms with Gasteiger partial charge in [-0.05, 0) is 30.5 Å². The van der Waals surface area contributed by atoms with Crippen LogP contribution < -0.4 is 14.8 Å². The van der Waals surface area contributed by atoms with Gasteiger partial charge in [-0.2, -0.15) is 11.8 Å². The van der Waals surface area contributed by atoms with Crippen molar-refractivity contribution in [3.05, 3.63) is 48.3 Å². The number of carbonyl (C=O) groups excluding carboxylic acids is 1. The predicted octanol–water partition coefficient (Wildman–Crippen LogP) is 3.86. The lowest BCUT2D eigenvalue weighted by Crippen LogP contribution is -2.25. The van der Waals surface area contributed by atoms with Crippen LogP contribution in [0.5, 0.6) is 11.5 Å². The number of aromatic nitrogens is 2. The zero-order valence-corrected chi connectivity index (χ0v) is 15.1. The number of hydrogen-bond donors (Lipinski definition) is 1. The number of nitrogens with zero attached hydrogens (tertiary/aromatic N) is 2. The number of hydrogen-bond acceptors (Lipinski definition) is 5. The largest absolute Gasteiger partial charge is 0.586 e. The van der Waals surface area contributed by atoms with Crippen molar-refractivity contribution in [3.63, 3.8) is 0 Å². The molecule has 2 aromatic carbocycles. The average molecular weight is 391 g/mol. The molecule has 0 bridgehead atoms. The van der Waals surface area contributed by atoms with E-state index in [-0.39, 0.29) is 24.0 Å². The highest BCUT2D eigenvalue weighted by atomic mass is 32.2. The number of halogens is 2. The Hall–Kier alpha value is -2.81. The van der Waals surface area contributed by atoms with E-state index in [2.05, 4.69) is 19.8 Å². The fourth-order valence-corrected chi connectivity index (χ4v) is 3.39. The SMILES string of the molecule is CSCc1nc2ccccc2n1CC(=O)Nc1ccc2c(c1)OC(F)(F)O2. The Kier molecular flexibility index (Phi) is 4.39. The first-order valence-corrected chi connectivity index (χ1v) is 9.47. The van der Waals surface area contributed by atoms with Crippen LogP contribution >= 0.6 is 11.8 Å². The van der Waals surface area contributed by atoms with E-state index in [9.17, 15) is 13.6 Å². The van der Waals surface area contributed by atoms with E-state index in [1.54, 1.807) is 11.8 Å². The maximum Gasteiger partial charge on any atom is 0.586 e. The van der Waals surface area contributed by atoms with Gasteiger partial charge in [0.25, 0.3) is 0 Å². The summed E-state index contributed by atoms with van der Waals surface area (Å²) in [5, 5.41) is 2.70. The Morgan fingerprint density at radius 2 is 2.00 bits per heavy atom. The van der Waals surface area contributed by atoms with E-state index >= 15 is 0 Å². The summed E-state index contributed by atoms with van der Waals surface area (Å²) in [7, 11) is 0. The Labute approximate surface area is 157 Å². The Morgan fingerprint density at radius 1 is 1.22 bits per heavy atom. The molecule has 4 rings (SSSR count). The Bertz CT molecular complexity index is 1020. The minimum atomic E-state index is -3.69. The van der Waals surface area contributed by atoms with Crippen LogP contribution in [0.25, 0.3) is 11.0 Å². The number of amides is 1. The van der Waals surface area contributed by atoms with Gasteiger partial charge in [-0.3, -0.25) is 4.79 Å². The van der Waals surface area contributed by atoms with Gasteiger partial charge in [-0.25, -0.2) is 4.98 Å². The average Bonchev–Trinajstić information content (AvgIpc) is 3.11. The summed E-state index contributed by atoms with van der Waals surface area (Å²) in [5.74, 6) is 0.978. The van der Waals surface area contributed by atoms with Gasteiger partial charge < -0.3 is 19.4 Å². The van der Waals surface area contributed by atoms with Crippen molar-refractivity contribution >= 4 is 34.4 Å². The molecule has 6 nitrogen and oxygen atoms in total. The van der Waals surface area contributed by atoms with Gasteiger partial charge in [0.15, 0.2) is 11.5 Å². The topological polar surface area (TPSA) is 65.4 Å². The molecule has 3 aromatic rings. The number of alkyl halides is 2. The van der Waals surface area contributed by atoms with Crippen molar-refractivity contribution in [1.82, 2.24) is 9.55 Å². The van der Waals surface area contributed by atoms with Crippen LogP contribution in [0.4, 0.5) is 14.5 Å². The standard InChI is InChI=1S/C18H15F2N3O3S/c1-27-10-16-22-12-4-2-3-5-13(12)23(16)9-17(24)21-11-6-7-14-15(8-11)26-18(19,20)25-14/h2-8H,9-10H2,1H3,(H,21,24). The first-order chi connectivity index (χ1) is 12.9. The van der Waals surface area contributed by atoms with Crippen molar-refractivity contribution in [2.24, 2.45) is 0 Å². The van der Waals surface area contributed by atoms with E-state index in [0.717, 1.165) is 16.9 Å². The number of imidazole rings is 1. The molecule has 0 spiro atoms. The molecule has 140 valence electrons. The third-order valence-corrected chi connectivity index (χ3v) is 4.54. The lowest BCUT2D eigenvalue weighted by molar-refractivity contribution is -0.286. The molecule has 0 unspecified atom stereocenters. The molecule has 27 heavy (non-hydrogen) atoms. The summed E-state index contributed by atoms with van der Waals surface area (Å²) in [6, 6.07) is 11.7. The van der Waals surface area contributed by atoms with Gasteiger partial charge >= 0.3 is 6.29 Å². The monoisotopic (exact) mass is 391 g/mol. The summed E-state index contributed by atoms with van der Waals surface area (Å²) in [4.78, 5) is 17.1. The molecular formula is C18H15F2N3O3S. The molecule has 0 fully saturated rings. The normalized spacial score (nSPS) is 14.5. The fraction of sp³-hybridized carbons (Fsp3) is 0.222. The third-order valence-electron chi connectivity index (χ3n) is 3.99. The quantitative estimate of drug-likeness (QED) is 0.716. The number of nitrogens with one attached hydrogen (secondary N) is 1. The number of para-hydroxylation sites is 2. The molecule has 0 radical (unpaired) electrons. The van der Waals surface area contributed by atoms with Crippen molar-refractivity contribution < 1.29 is 23.0 Å². The molecular weight excluding hydrogens is 376 g/mol. The van der Waals surface area contributed by atoms with Gasteiger partial charge in [0, 0.05) is 11.8 Å². The Morgan fingerprint density at radius 3 is 2.81 bits per heavy atom. The maximum absolute atomic E-state index is 13.1. The van der Waals surface area contributed by atoms with Crippen LogP contribution in [0.3, 0.4) is 0 Å². The van der Waals surface area contributed by atoms with Gasteiger partial charge in [0.05, 0.1) is 16.8 Å². The molecule has 0 saturated carbocycles. The molecule has 2 heterocycles. The zero-order chi connectivity index (χ0) is 19.0. The molecule has 1 aliphatic heterocycles. The number of benzene rings is 2. The summed E-state index contributed by atoms with van der Waals surface area (Å²) in [5.41, 5.74) is 2.03. The van der Waals surface area contributed by atoms with E-state index < -0.39 is 6.29 Å². The van der Waals surface area contributed by atoms with Crippen molar-refractivity contribution in [2.45, 2.75) is 18.6 Å². The summed E-state index contributed by atoms with van der Waals surface area (Å²) >= 11 is 1.61. The molecule has 1 N–H and O–H groups in total. The van der Waals surface area contributed by atoms with Crippen molar-refractivity contribution in [1.29, 1.82) is 0 Å². The molecule has 9 heteroatoms. The third kappa shape index (κ3) is 3.55. The number of fused-ring (bicyclic) bond motifs is 2. The number of thioether (sulfide) groups is 1. The van der Waals surface area contributed by atoms with Crippen molar-refractivity contribution in [2.75, 3.05) is 11.6 Å². The van der Waals surface area contributed by atoms with Crippen molar-refractivity contribution in [3.8, 4) is 11.5 Å². The molecule has 0 atom stereocenters.